The second-order valence-corrected chi connectivity index (χ2v) is 12.0. The summed E-state index contributed by atoms with van der Waals surface area (Å²) in [6, 6.07) is 45.8. The lowest BCUT2D eigenvalue weighted by Gasteiger charge is -2.11. The number of aromatic nitrogens is 7. The molecule has 0 spiro atoms. The van der Waals surface area contributed by atoms with Crippen LogP contribution >= 0.6 is 0 Å². The minimum Gasteiger partial charge on any atom is -0.294 e. The van der Waals surface area contributed by atoms with E-state index in [0.717, 1.165) is 67.0 Å². The highest BCUT2D eigenvalue weighted by molar-refractivity contribution is 6.09. The molecule has 0 unspecified atom stereocenters. The number of hydrogen-bond donors (Lipinski definition) is 0. The van der Waals surface area contributed by atoms with Crippen molar-refractivity contribution >= 4 is 44.5 Å². The van der Waals surface area contributed by atoms with Gasteiger partial charge in [-0.25, -0.2) is 19.9 Å². The van der Waals surface area contributed by atoms with Crippen LogP contribution in [0.1, 0.15) is 12.7 Å². The van der Waals surface area contributed by atoms with Crippen molar-refractivity contribution in [3.8, 4) is 34.2 Å². The van der Waals surface area contributed by atoms with Gasteiger partial charge >= 0.3 is 0 Å². The third-order valence-electron chi connectivity index (χ3n) is 8.98. The van der Waals surface area contributed by atoms with E-state index in [9.17, 15) is 0 Å². The van der Waals surface area contributed by atoms with E-state index in [-0.39, 0.29) is 0 Å². The molecule has 7 nitrogen and oxygen atoms in total. The molecule has 0 saturated heterocycles. The van der Waals surface area contributed by atoms with Gasteiger partial charge in [0.05, 0.1) is 16.6 Å². The summed E-state index contributed by atoms with van der Waals surface area (Å²) in [5, 5.41) is 1.10. The molecule has 4 heterocycles. The summed E-state index contributed by atoms with van der Waals surface area (Å²) in [4.78, 5) is 20.1. The van der Waals surface area contributed by atoms with Crippen molar-refractivity contribution in [2.24, 2.45) is 0 Å². The third-order valence-corrected chi connectivity index (χ3v) is 8.98. The van der Waals surface area contributed by atoms with Crippen LogP contribution in [-0.2, 0) is 0 Å². The second kappa shape index (κ2) is 12.0. The van der Waals surface area contributed by atoms with Crippen molar-refractivity contribution < 1.29 is 0 Å². The Labute approximate surface area is 288 Å². The van der Waals surface area contributed by atoms with Crippen LogP contribution in [0.5, 0.6) is 0 Å². The van der Waals surface area contributed by atoms with Gasteiger partial charge in [-0.1, -0.05) is 110 Å². The van der Waals surface area contributed by atoms with Crippen molar-refractivity contribution in [2.45, 2.75) is 6.92 Å². The maximum Gasteiger partial charge on any atom is 0.221 e. The van der Waals surface area contributed by atoms with Gasteiger partial charge in [0.25, 0.3) is 0 Å². The fourth-order valence-electron chi connectivity index (χ4n) is 6.81. The van der Waals surface area contributed by atoms with E-state index in [1.165, 1.54) is 0 Å². The molecular formula is C43H31N7. The number of imidazole rings is 2. The molecule has 0 aliphatic heterocycles. The Bertz CT molecular complexity index is 2760. The minimum atomic E-state index is 0.588. The summed E-state index contributed by atoms with van der Waals surface area (Å²) in [5.74, 6) is 2.67. The standard InChI is InChI=1S/C43H31N7/c1-3-15-29(16-4-2)39-45-40(30-17-7-5-8-18-30)47-41(46-39)31-25-27-33(28-26-31)48-35-22-12-11-21-34(35)38-42(48)50-37-24-14-13-23-36(37)49(43(50)44-38)32-19-9-6-10-20-32/h3-28H,1H2,2H3/b16-4-,29-15+. The van der Waals surface area contributed by atoms with E-state index < -0.39 is 0 Å². The zero-order chi connectivity index (χ0) is 33.6. The number of rotatable bonds is 7. The largest absolute Gasteiger partial charge is 0.294 e. The van der Waals surface area contributed by atoms with Gasteiger partial charge in [-0.05, 0) is 61.5 Å². The Hall–Kier alpha value is -6.86. The SMILES string of the molecule is C=C/C=C(\C=C/C)c1nc(-c2ccccc2)nc(-c2ccc(-n3c4ccccc4c4nc5n(-c6ccccc6)c6ccccc6n5c43)cc2)n1. The van der Waals surface area contributed by atoms with E-state index in [1.807, 2.05) is 61.5 Å². The van der Waals surface area contributed by atoms with Crippen LogP contribution in [0.3, 0.4) is 0 Å². The zero-order valence-corrected chi connectivity index (χ0v) is 27.3. The van der Waals surface area contributed by atoms with E-state index in [1.54, 1.807) is 6.08 Å². The summed E-state index contributed by atoms with van der Waals surface area (Å²) < 4.78 is 6.83. The predicted molar refractivity (Wildman–Crippen MR) is 204 cm³/mol. The summed E-state index contributed by atoms with van der Waals surface area (Å²) >= 11 is 0. The summed E-state index contributed by atoms with van der Waals surface area (Å²) in [6.45, 7) is 5.88. The van der Waals surface area contributed by atoms with Gasteiger partial charge < -0.3 is 0 Å². The molecule has 0 aliphatic carbocycles. The predicted octanol–water partition coefficient (Wildman–Crippen LogP) is 10.0. The van der Waals surface area contributed by atoms with Gasteiger partial charge in [0.15, 0.2) is 23.1 Å². The number of para-hydroxylation sites is 4. The summed E-state index contributed by atoms with van der Waals surface area (Å²) in [7, 11) is 0. The van der Waals surface area contributed by atoms with Gasteiger partial charge in [-0.15, -0.1) is 0 Å². The third kappa shape index (κ3) is 4.67. The summed E-state index contributed by atoms with van der Waals surface area (Å²) in [5.41, 5.74) is 9.99. The molecule has 0 atom stereocenters. The van der Waals surface area contributed by atoms with Crippen molar-refractivity contribution in [2.75, 3.05) is 0 Å². The van der Waals surface area contributed by atoms with Crippen molar-refractivity contribution in [3.63, 3.8) is 0 Å². The lowest BCUT2D eigenvalue weighted by molar-refractivity contribution is 1.04. The van der Waals surface area contributed by atoms with Crippen LogP contribution in [0.2, 0.25) is 0 Å². The first kappa shape index (κ1) is 29.3. The average Bonchev–Trinajstić information content (AvgIpc) is 3.81. The first-order valence-electron chi connectivity index (χ1n) is 16.6. The fourth-order valence-corrected chi connectivity index (χ4v) is 6.81. The highest BCUT2D eigenvalue weighted by Crippen LogP contribution is 2.37. The van der Waals surface area contributed by atoms with Gasteiger partial charge in [-0.3, -0.25) is 13.5 Å². The van der Waals surface area contributed by atoms with E-state index in [0.29, 0.717) is 17.5 Å². The molecule has 0 amide bonds. The molecule has 5 aromatic carbocycles. The molecule has 50 heavy (non-hydrogen) atoms. The Kier molecular flexibility index (Phi) is 7.02. The number of nitrogens with zero attached hydrogens (tertiary/aromatic N) is 7. The van der Waals surface area contributed by atoms with Crippen molar-refractivity contribution in [1.29, 1.82) is 0 Å². The van der Waals surface area contributed by atoms with E-state index >= 15 is 0 Å². The fraction of sp³-hybridized carbons (Fsp3) is 0.0233. The van der Waals surface area contributed by atoms with Gasteiger partial charge in [-0.2, -0.15) is 0 Å². The molecule has 9 rings (SSSR count). The molecule has 0 N–H and O–H groups in total. The lowest BCUT2D eigenvalue weighted by atomic mass is 10.1. The Balaban J connectivity index is 1.25. The topological polar surface area (TPSA) is 65.8 Å². The highest BCUT2D eigenvalue weighted by Gasteiger charge is 2.23. The molecule has 0 bridgehead atoms. The monoisotopic (exact) mass is 645 g/mol. The first-order chi connectivity index (χ1) is 24.7. The number of hydrogen-bond acceptors (Lipinski definition) is 4. The molecule has 7 heteroatoms. The van der Waals surface area contributed by atoms with Gasteiger partial charge in [0.2, 0.25) is 5.78 Å². The van der Waals surface area contributed by atoms with E-state index in [2.05, 4.69) is 117 Å². The quantitative estimate of drug-likeness (QED) is 0.162. The van der Waals surface area contributed by atoms with Crippen LogP contribution in [0.25, 0.3) is 78.6 Å². The number of fused-ring (bicyclic) bond motifs is 7. The highest BCUT2D eigenvalue weighted by atomic mass is 15.3. The molecular weight excluding hydrogens is 615 g/mol. The summed E-state index contributed by atoms with van der Waals surface area (Å²) in [6.07, 6.45) is 7.63. The minimum absolute atomic E-state index is 0.588. The smallest absolute Gasteiger partial charge is 0.221 e. The lowest BCUT2D eigenvalue weighted by Crippen LogP contribution is -2.02. The second-order valence-electron chi connectivity index (χ2n) is 12.0. The van der Waals surface area contributed by atoms with Crippen LogP contribution in [-0.4, -0.2) is 33.5 Å². The molecule has 0 saturated carbocycles. The van der Waals surface area contributed by atoms with Crippen LogP contribution in [0.4, 0.5) is 0 Å². The molecule has 0 radical (unpaired) electrons. The average molecular weight is 646 g/mol. The van der Waals surface area contributed by atoms with Gasteiger partial charge in [0.1, 0.15) is 5.52 Å². The molecule has 238 valence electrons. The Morgan fingerprint density at radius 3 is 1.88 bits per heavy atom. The number of benzene rings is 5. The van der Waals surface area contributed by atoms with Crippen LogP contribution < -0.4 is 0 Å². The Morgan fingerprint density at radius 1 is 0.580 bits per heavy atom. The van der Waals surface area contributed by atoms with Crippen LogP contribution in [0, 0.1) is 0 Å². The first-order valence-corrected chi connectivity index (χ1v) is 16.6. The van der Waals surface area contributed by atoms with Crippen molar-refractivity contribution in [3.05, 3.63) is 170 Å². The molecule has 9 aromatic rings. The molecule has 0 fully saturated rings. The maximum atomic E-state index is 5.32. The van der Waals surface area contributed by atoms with Crippen molar-refractivity contribution in [1.82, 2.24) is 33.5 Å². The maximum absolute atomic E-state index is 5.32. The number of allylic oxidation sites excluding steroid dienone is 5. The zero-order valence-electron chi connectivity index (χ0n) is 27.3. The molecule has 0 aliphatic rings. The van der Waals surface area contributed by atoms with E-state index in [4.69, 9.17) is 19.9 Å². The van der Waals surface area contributed by atoms with Crippen LogP contribution in [0.15, 0.2) is 164 Å². The van der Waals surface area contributed by atoms with Gasteiger partial charge in [0, 0.05) is 33.5 Å². The normalized spacial score (nSPS) is 12.2. The Morgan fingerprint density at radius 2 is 1.18 bits per heavy atom. The molecule has 4 aromatic heterocycles.